The normalized spacial score (nSPS) is 18.6. The molecule has 0 aromatic heterocycles. The Hall–Kier alpha value is -1.47. The first-order valence-electron chi connectivity index (χ1n) is 9.66. The highest BCUT2D eigenvalue weighted by molar-refractivity contribution is 7.56. The highest BCUT2D eigenvalue weighted by Crippen LogP contribution is 2.42. The van der Waals surface area contributed by atoms with Crippen LogP contribution >= 0.6 is 22.9 Å². The van der Waals surface area contributed by atoms with E-state index in [0.717, 1.165) is 19.3 Å². The zero-order valence-corrected chi connectivity index (χ0v) is 18.6. The van der Waals surface area contributed by atoms with Gasteiger partial charge in [-0.2, -0.15) is 0 Å². The summed E-state index contributed by atoms with van der Waals surface area (Å²) in [6.45, 7) is 8.11. The average molecular weight is 465 g/mol. The van der Waals surface area contributed by atoms with E-state index in [9.17, 15) is 22.0 Å². The van der Waals surface area contributed by atoms with Crippen LogP contribution in [0.2, 0.25) is 0 Å². The number of hydrogen-bond acceptors (Lipinski definition) is 1. The molecule has 0 aliphatic carbocycles. The molecule has 0 atom stereocenters. The lowest BCUT2D eigenvalue weighted by Crippen LogP contribution is -2.62. The molecule has 2 aromatic rings. The van der Waals surface area contributed by atoms with Crippen molar-refractivity contribution in [2.75, 3.05) is 4.90 Å². The van der Waals surface area contributed by atoms with E-state index in [1.807, 2.05) is 27.7 Å². The second-order valence-electron chi connectivity index (χ2n) is 9.02. The lowest BCUT2D eigenvalue weighted by molar-refractivity contribution is 0.244. The minimum atomic E-state index is -3.36. The Balaban J connectivity index is 2.29. The number of halogens is 7. The van der Waals surface area contributed by atoms with Crippen molar-refractivity contribution in [2.24, 2.45) is 0 Å². The van der Waals surface area contributed by atoms with E-state index >= 15 is 0 Å². The fourth-order valence-corrected chi connectivity index (χ4v) is 5.49. The van der Waals surface area contributed by atoms with Gasteiger partial charge in [0.25, 0.3) is 0 Å². The largest absolute Gasteiger partial charge is 0.364 e. The van der Waals surface area contributed by atoms with Gasteiger partial charge in [0, 0.05) is 16.8 Å². The fraction of sp³-hybridized carbons (Fsp3) is 0.429. The zero-order valence-electron chi connectivity index (χ0n) is 17.1. The average Bonchev–Trinajstić information content (AvgIpc) is 2.63. The zero-order chi connectivity index (χ0) is 22.6. The SMILES string of the molecule is CC1(C)CCCC(C)(C)N1c1ccccc1[B-](Cl)(Cl)c1c(F)c(F)c(F)c(F)c1F. The van der Waals surface area contributed by atoms with E-state index in [4.69, 9.17) is 22.9 Å². The Morgan fingerprint density at radius 3 is 1.70 bits per heavy atom. The molecule has 1 aliphatic rings. The van der Waals surface area contributed by atoms with Gasteiger partial charge in [-0.05, 0) is 53.0 Å². The Morgan fingerprint density at radius 1 is 0.767 bits per heavy atom. The molecule has 0 unspecified atom stereocenters. The van der Waals surface area contributed by atoms with Gasteiger partial charge < -0.3 is 27.8 Å². The molecule has 1 saturated heterocycles. The molecule has 30 heavy (non-hydrogen) atoms. The third-order valence-corrected chi connectivity index (χ3v) is 6.87. The van der Waals surface area contributed by atoms with Crippen LogP contribution in [0.25, 0.3) is 0 Å². The van der Waals surface area contributed by atoms with Gasteiger partial charge in [0.15, 0.2) is 17.5 Å². The summed E-state index contributed by atoms with van der Waals surface area (Å²) in [5, 5.41) is 0. The van der Waals surface area contributed by atoms with Crippen molar-refractivity contribution in [3.63, 3.8) is 0 Å². The summed E-state index contributed by atoms with van der Waals surface area (Å²) >= 11 is 12.9. The van der Waals surface area contributed by atoms with Crippen molar-refractivity contribution in [3.05, 3.63) is 53.4 Å². The van der Waals surface area contributed by atoms with Gasteiger partial charge in [0.2, 0.25) is 4.98 Å². The number of hydrogen-bond donors (Lipinski definition) is 0. The number of rotatable bonds is 3. The smallest absolute Gasteiger partial charge is 0.224 e. The molecule has 1 nitrogen and oxygen atoms in total. The molecule has 0 radical (unpaired) electrons. The third kappa shape index (κ3) is 3.58. The van der Waals surface area contributed by atoms with Crippen molar-refractivity contribution >= 4 is 44.5 Å². The molecule has 0 amide bonds. The molecule has 3 rings (SSSR count). The maximum Gasteiger partial charge on any atom is 0.224 e. The molecule has 0 saturated carbocycles. The van der Waals surface area contributed by atoms with Crippen molar-refractivity contribution in [1.29, 1.82) is 0 Å². The van der Waals surface area contributed by atoms with Crippen molar-refractivity contribution in [1.82, 2.24) is 0 Å². The maximum absolute atomic E-state index is 14.6. The first kappa shape index (κ1) is 23.2. The number of piperidine rings is 1. The fourth-order valence-electron chi connectivity index (χ4n) is 4.74. The Kier molecular flexibility index (Phi) is 5.87. The van der Waals surface area contributed by atoms with E-state index < -0.39 is 39.5 Å². The van der Waals surface area contributed by atoms with Crippen LogP contribution in [0.3, 0.4) is 0 Å². The van der Waals surface area contributed by atoms with Crippen molar-refractivity contribution in [2.45, 2.75) is 58.0 Å². The Bertz CT molecular complexity index is 949. The van der Waals surface area contributed by atoms with E-state index in [0.29, 0.717) is 5.69 Å². The first-order valence-corrected chi connectivity index (χ1v) is 10.5. The molecule has 0 bridgehead atoms. The van der Waals surface area contributed by atoms with Crippen LogP contribution in [0.1, 0.15) is 47.0 Å². The van der Waals surface area contributed by atoms with Crippen molar-refractivity contribution in [3.8, 4) is 0 Å². The minimum absolute atomic E-state index is 0.104. The number of benzene rings is 2. The van der Waals surface area contributed by atoms with Gasteiger partial charge in [-0.3, -0.25) is 0 Å². The van der Waals surface area contributed by atoms with Gasteiger partial charge in [0.05, 0.1) is 0 Å². The van der Waals surface area contributed by atoms with Gasteiger partial charge in [-0.15, -0.1) is 5.46 Å². The molecular weight excluding hydrogens is 443 g/mol. The van der Waals surface area contributed by atoms with Gasteiger partial charge in [-0.25, -0.2) is 22.0 Å². The quantitative estimate of drug-likeness (QED) is 0.234. The van der Waals surface area contributed by atoms with E-state index in [2.05, 4.69) is 4.90 Å². The summed E-state index contributed by atoms with van der Waals surface area (Å²) in [5.74, 6) is -10.5. The second-order valence-corrected chi connectivity index (χ2v) is 10.6. The van der Waals surface area contributed by atoms with Crippen molar-refractivity contribution < 1.29 is 22.0 Å². The van der Waals surface area contributed by atoms with Crippen LogP contribution in [-0.2, 0) is 0 Å². The predicted molar refractivity (Wildman–Crippen MR) is 114 cm³/mol. The summed E-state index contributed by atoms with van der Waals surface area (Å²) in [6, 6.07) is 6.46. The second kappa shape index (κ2) is 7.59. The van der Waals surface area contributed by atoms with Crippen LogP contribution in [-0.4, -0.2) is 16.1 Å². The van der Waals surface area contributed by atoms with Crippen LogP contribution in [0.15, 0.2) is 24.3 Å². The monoisotopic (exact) mass is 464 g/mol. The lowest BCUT2D eigenvalue weighted by atomic mass is 9.58. The van der Waals surface area contributed by atoms with Crippen LogP contribution in [0.4, 0.5) is 27.6 Å². The number of anilines is 1. The van der Waals surface area contributed by atoms with Crippen LogP contribution < -0.4 is 15.8 Å². The molecule has 164 valence electrons. The van der Waals surface area contributed by atoms with E-state index in [1.54, 1.807) is 18.2 Å². The standard InChI is InChI=1S/C21H22BCl2F5N/c1-20(2)10-7-11-21(3,4)30(20)13-9-6-5-8-12(13)22(23,24)14-15(25)17(27)19(29)18(28)16(14)26/h5-6,8-9H,7,10-11H2,1-4H3/q-1. The third-order valence-electron chi connectivity index (χ3n) is 5.96. The summed E-state index contributed by atoms with van der Waals surface area (Å²) in [5.41, 5.74) is -1.33. The van der Waals surface area contributed by atoms with Gasteiger partial charge in [-0.1, -0.05) is 23.7 Å². The number of para-hydroxylation sites is 1. The molecule has 0 spiro atoms. The van der Waals surface area contributed by atoms with Gasteiger partial charge >= 0.3 is 0 Å². The summed E-state index contributed by atoms with van der Waals surface area (Å²) < 4.78 is 70.4. The molecular formula is C21H22BCl2F5N-. The summed E-state index contributed by atoms with van der Waals surface area (Å²) in [6.07, 6.45) is 2.67. The molecule has 1 fully saturated rings. The van der Waals surface area contributed by atoms with Crippen LogP contribution in [0.5, 0.6) is 0 Å². The predicted octanol–water partition coefficient (Wildman–Crippen LogP) is 5.96. The topological polar surface area (TPSA) is 3.24 Å². The Morgan fingerprint density at radius 2 is 1.20 bits per heavy atom. The van der Waals surface area contributed by atoms with E-state index in [-0.39, 0.29) is 16.5 Å². The molecule has 0 N–H and O–H groups in total. The van der Waals surface area contributed by atoms with Gasteiger partial charge in [0.1, 0.15) is 11.6 Å². The molecule has 1 aliphatic heterocycles. The highest BCUT2D eigenvalue weighted by atomic mass is 35.5. The van der Waals surface area contributed by atoms with Crippen LogP contribution in [0, 0.1) is 29.1 Å². The molecule has 9 heteroatoms. The number of nitrogens with zero attached hydrogens (tertiary/aromatic N) is 1. The molecule has 2 aromatic carbocycles. The molecule has 1 heterocycles. The first-order chi connectivity index (χ1) is 13.7. The Labute approximate surface area is 182 Å². The summed E-state index contributed by atoms with van der Waals surface area (Å²) in [4.78, 5) is -1.28. The maximum atomic E-state index is 14.6. The lowest BCUT2D eigenvalue weighted by Gasteiger charge is -2.56. The minimum Gasteiger partial charge on any atom is -0.364 e. The highest BCUT2D eigenvalue weighted by Gasteiger charge is 2.44. The van der Waals surface area contributed by atoms with E-state index in [1.165, 1.54) is 6.07 Å². The summed E-state index contributed by atoms with van der Waals surface area (Å²) in [7, 11) is 0.